The Labute approximate surface area is 119 Å². The Morgan fingerprint density at radius 1 is 1.37 bits per heavy atom. The molecule has 19 heavy (non-hydrogen) atoms. The van der Waals surface area contributed by atoms with Gasteiger partial charge in [-0.2, -0.15) is 0 Å². The van der Waals surface area contributed by atoms with Crippen LogP contribution in [-0.4, -0.2) is 25.3 Å². The Hall–Kier alpha value is -0.950. The fourth-order valence-corrected chi connectivity index (χ4v) is 4.23. The summed E-state index contributed by atoms with van der Waals surface area (Å²) < 4.78 is 36.9. The average molecular weight is 350 g/mol. The van der Waals surface area contributed by atoms with Crippen LogP contribution in [0.5, 0.6) is 0 Å². The molecule has 1 atom stereocenters. The van der Waals surface area contributed by atoms with Crippen molar-refractivity contribution in [1.82, 2.24) is 0 Å². The molecule has 1 aliphatic heterocycles. The minimum absolute atomic E-state index is 0.0538. The maximum absolute atomic E-state index is 13.1. The van der Waals surface area contributed by atoms with Gasteiger partial charge in [0, 0.05) is 5.69 Å². The van der Waals surface area contributed by atoms with Crippen molar-refractivity contribution < 1.29 is 17.6 Å². The second kappa shape index (κ2) is 5.58. The van der Waals surface area contributed by atoms with Crippen molar-refractivity contribution in [2.45, 2.75) is 24.5 Å². The Kier molecular flexibility index (Phi) is 4.25. The average Bonchev–Trinajstić information content (AvgIpc) is 2.33. The van der Waals surface area contributed by atoms with Gasteiger partial charge in [0.25, 0.3) is 0 Å². The first-order chi connectivity index (χ1) is 8.90. The molecule has 1 unspecified atom stereocenters. The minimum Gasteiger partial charge on any atom is -0.325 e. The maximum atomic E-state index is 13.1. The quantitative estimate of drug-likeness (QED) is 0.891. The summed E-state index contributed by atoms with van der Waals surface area (Å²) in [6.07, 6.45) is 1.68. The number of hydrogen-bond acceptors (Lipinski definition) is 3. The molecule has 7 heteroatoms. The number of carbonyl (C=O) groups excluding carboxylic acids is 1. The van der Waals surface area contributed by atoms with E-state index in [0.717, 1.165) is 6.42 Å². The van der Waals surface area contributed by atoms with Crippen LogP contribution in [0.15, 0.2) is 22.7 Å². The van der Waals surface area contributed by atoms with E-state index in [1.165, 1.54) is 18.2 Å². The van der Waals surface area contributed by atoms with Gasteiger partial charge >= 0.3 is 0 Å². The van der Waals surface area contributed by atoms with Gasteiger partial charge in [-0.3, -0.25) is 4.79 Å². The highest BCUT2D eigenvalue weighted by Crippen LogP contribution is 2.23. The molecule has 0 saturated carbocycles. The number of sulfone groups is 1. The molecule has 1 fully saturated rings. The number of benzene rings is 1. The molecule has 0 aromatic heterocycles. The molecule has 1 amide bonds. The molecule has 1 aromatic carbocycles. The van der Waals surface area contributed by atoms with Crippen LogP contribution >= 0.6 is 15.9 Å². The third kappa shape index (κ3) is 3.33. The fourth-order valence-electron chi connectivity index (χ4n) is 2.05. The number of rotatable bonds is 2. The summed E-state index contributed by atoms with van der Waals surface area (Å²) in [5.74, 6) is -0.931. The van der Waals surface area contributed by atoms with E-state index in [9.17, 15) is 17.6 Å². The lowest BCUT2D eigenvalue weighted by molar-refractivity contribution is -0.116. The molecule has 1 saturated heterocycles. The Morgan fingerprint density at radius 2 is 2.11 bits per heavy atom. The zero-order valence-electron chi connectivity index (χ0n) is 10.0. The van der Waals surface area contributed by atoms with Crippen molar-refractivity contribution in [1.29, 1.82) is 0 Å². The summed E-state index contributed by atoms with van der Waals surface area (Å²) in [6.45, 7) is 0. The molecule has 0 aliphatic carbocycles. The lowest BCUT2D eigenvalue weighted by Gasteiger charge is -2.21. The summed E-state index contributed by atoms with van der Waals surface area (Å²) in [5.41, 5.74) is 0.374. The molecule has 1 N–H and O–H groups in total. The summed E-state index contributed by atoms with van der Waals surface area (Å²) in [4.78, 5) is 12.0. The number of halogens is 2. The molecule has 104 valence electrons. The first-order valence-electron chi connectivity index (χ1n) is 5.87. The molecule has 0 radical (unpaired) electrons. The largest absolute Gasteiger partial charge is 0.325 e. The SMILES string of the molecule is O=C(Nc1ccc(F)c(Br)c1)C1CCCCS1(=O)=O. The normalized spacial score (nSPS) is 21.9. The molecule has 0 spiro atoms. The summed E-state index contributed by atoms with van der Waals surface area (Å²) in [6, 6.07) is 4.01. The Balaban J connectivity index is 2.14. The summed E-state index contributed by atoms with van der Waals surface area (Å²) >= 11 is 3.01. The van der Waals surface area contributed by atoms with Crippen molar-refractivity contribution in [2.75, 3.05) is 11.1 Å². The van der Waals surface area contributed by atoms with Gasteiger partial charge in [-0.25, -0.2) is 12.8 Å². The fraction of sp³-hybridized carbons (Fsp3) is 0.417. The molecular weight excluding hydrogens is 337 g/mol. The topological polar surface area (TPSA) is 63.2 Å². The molecule has 4 nitrogen and oxygen atoms in total. The van der Waals surface area contributed by atoms with Crippen LogP contribution in [0.1, 0.15) is 19.3 Å². The van der Waals surface area contributed by atoms with Crippen LogP contribution in [0.4, 0.5) is 10.1 Å². The highest BCUT2D eigenvalue weighted by atomic mass is 79.9. The second-order valence-electron chi connectivity index (χ2n) is 4.47. The van der Waals surface area contributed by atoms with E-state index in [0.29, 0.717) is 18.5 Å². The van der Waals surface area contributed by atoms with Gasteiger partial charge in [-0.1, -0.05) is 6.42 Å². The zero-order valence-corrected chi connectivity index (χ0v) is 12.4. The molecule has 0 bridgehead atoms. The van der Waals surface area contributed by atoms with Crippen molar-refractivity contribution in [3.05, 3.63) is 28.5 Å². The van der Waals surface area contributed by atoms with Crippen LogP contribution in [0.2, 0.25) is 0 Å². The number of nitrogens with one attached hydrogen (secondary N) is 1. The van der Waals surface area contributed by atoms with Gasteiger partial charge in [0.1, 0.15) is 11.1 Å². The van der Waals surface area contributed by atoms with Crippen LogP contribution in [0.3, 0.4) is 0 Å². The highest BCUT2D eigenvalue weighted by molar-refractivity contribution is 9.10. The summed E-state index contributed by atoms with van der Waals surface area (Å²) in [5, 5.41) is 1.53. The first kappa shape index (κ1) is 14.5. The highest BCUT2D eigenvalue weighted by Gasteiger charge is 2.34. The van der Waals surface area contributed by atoms with Gasteiger partial charge in [-0.15, -0.1) is 0 Å². The van der Waals surface area contributed by atoms with Crippen LogP contribution < -0.4 is 5.32 Å². The van der Waals surface area contributed by atoms with E-state index < -0.39 is 26.8 Å². The lowest BCUT2D eigenvalue weighted by atomic mass is 10.2. The zero-order chi connectivity index (χ0) is 14.0. The van der Waals surface area contributed by atoms with Gasteiger partial charge in [-0.05, 0) is 47.0 Å². The molecule has 1 aromatic rings. The second-order valence-corrected chi connectivity index (χ2v) is 7.63. The monoisotopic (exact) mass is 349 g/mol. The molecular formula is C12H13BrFNO3S. The van der Waals surface area contributed by atoms with E-state index in [2.05, 4.69) is 21.2 Å². The third-order valence-corrected chi connectivity index (χ3v) is 5.84. The van der Waals surface area contributed by atoms with Crippen molar-refractivity contribution >= 4 is 37.4 Å². The molecule has 1 aliphatic rings. The van der Waals surface area contributed by atoms with Crippen LogP contribution in [0, 0.1) is 5.82 Å². The van der Waals surface area contributed by atoms with Crippen LogP contribution in [0.25, 0.3) is 0 Å². The van der Waals surface area contributed by atoms with E-state index >= 15 is 0 Å². The smallest absolute Gasteiger partial charge is 0.242 e. The van der Waals surface area contributed by atoms with E-state index in [-0.39, 0.29) is 10.2 Å². The van der Waals surface area contributed by atoms with E-state index in [1.54, 1.807) is 0 Å². The van der Waals surface area contributed by atoms with E-state index in [4.69, 9.17) is 0 Å². The number of anilines is 1. The van der Waals surface area contributed by atoms with Gasteiger partial charge < -0.3 is 5.32 Å². The predicted octanol–water partition coefficient (Wildman–Crippen LogP) is 2.49. The van der Waals surface area contributed by atoms with Gasteiger partial charge in [0.15, 0.2) is 9.84 Å². The Morgan fingerprint density at radius 3 is 2.74 bits per heavy atom. The van der Waals surface area contributed by atoms with Crippen molar-refractivity contribution in [3.8, 4) is 0 Å². The third-order valence-electron chi connectivity index (χ3n) is 3.06. The number of amides is 1. The molecule has 2 rings (SSSR count). The van der Waals surface area contributed by atoms with E-state index in [1.807, 2.05) is 0 Å². The number of carbonyl (C=O) groups is 1. The summed E-state index contributed by atoms with van der Waals surface area (Å²) in [7, 11) is -3.36. The standard InChI is InChI=1S/C12H13BrFNO3S/c13-9-7-8(4-5-10(9)14)15-12(16)11-3-1-2-6-19(11,17)18/h4-5,7,11H,1-3,6H2,(H,15,16). The molecule has 1 heterocycles. The Bertz CT molecular complexity index is 603. The van der Waals surface area contributed by atoms with Crippen molar-refractivity contribution in [3.63, 3.8) is 0 Å². The lowest BCUT2D eigenvalue weighted by Crippen LogP contribution is -2.39. The predicted molar refractivity (Wildman–Crippen MR) is 74.2 cm³/mol. The van der Waals surface area contributed by atoms with Gasteiger partial charge in [0.05, 0.1) is 10.2 Å². The van der Waals surface area contributed by atoms with Crippen molar-refractivity contribution in [2.24, 2.45) is 0 Å². The maximum Gasteiger partial charge on any atom is 0.242 e. The van der Waals surface area contributed by atoms with Crippen LogP contribution in [-0.2, 0) is 14.6 Å². The first-order valence-corrected chi connectivity index (χ1v) is 8.38. The number of hydrogen-bond donors (Lipinski definition) is 1. The minimum atomic E-state index is -3.36. The van der Waals surface area contributed by atoms with Gasteiger partial charge in [0.2, 0.25) is 5.91 Å².